The molecule has 122 valence electrons. The fraction of sp³-hybridized carbons (Fsp3) is 0. The van der Waals surface area contributed by atoms with E-state index in [2.05, 4.69) is 37.2 Å². The predicted octanol–water partition coefficient (Wildman–Crippen LogP) is 5.96. The lowest BCUT2D eigenvalue weighted by Crippen LogP contribution is -2.12. The summed E-state index contributed by atoms with van der Waals surface area (Å²) in [6.45, 7) is 0. The summed E-state index contributed by atoms with van der Waals surface area (Å²) in [5.41, 5.74) is 7.57. The average molecular weight is 471 g/mol. The van der Waals surface area contributed by atoms with E-state index in [1.807, 2.05) is 12.1 Å². The molecule has 0 aliphatic rings. The summed E-state index contributed by atoms with van der Waals surface area (Å²) in [6.07, 6.45) is 0. The first-order valence-corrected chi connectivity index (χ1v) is 8.82. The Hall–Kier alpha value is -1.76. The van der Waals surface area contributed by atoms with Crippen LogP contribution in [0.3, 0.4) is 0 Å². The summed E-state index contributed by atoms with van der Waals surface area (Å²) in [6, 6.07) is 14.0. The Bertz CT molecular complexity index is 925. The van der Waals surface area contributed by atoms with Crippen molar-refractivity contribution in [1.82, 2.24) is 0 Å². The number of nitrogen functional groups attached to an aromatic ring is 1. The van der Waals surface area contributed by atoms with Gasteiger partial charge < -0.3 is 15.5 Å². The molecule has 3 aromatic rings. The van der Waals surface area contributed by atoms with Gasteiger partial charge in [0.2, 0.25) is 0 Å². The number of nitrogens with one attached hydrogen (secondary N) is 1. The Kier molecular flexibility index (Phi) is 4.99. The summed E-state index contributed by atoms with van der Waals surface area (Å²) in [5, 5.41) is 3.25. The Morgan fingerprint density at radius 2 is 1.75 bits per heavy atom. The smallest absolute Gasteiger partial charge is 0.291 e. The first-order chi connectivity index (χ1) is 11.4. The molecule has 1 aromatic heterocycles. The third-order valence-electron chi connectivity index (χ3n) is 3.29. The minimum absolute atomic E-state index is 0.173. The number of furan rings is 1. The molecule has 0 bridgehead atoms. The van der Waals surface area contributed by atoms with E-state index >= 15 is 0 Å². The maximum Gasteiger partial charge on any atom is 0.291 e. The van der Waals surface area contributed by atoms with Crippen LogP contribution in [0.2, 0.25) is 5.02 Å². The van der Waals surface area contributed by atoms with E-state index in [4.69, 9.17) is 21.8 Å². The highest BCUT2D eigenvalue weighted by molar-refractivity contribution is 9.10. The zero-order valence-corrected chi connectivity index (χ0v) is 16.1. The van der Waals surface area contributed by atoms with E-state index in [1.54, 1.807) is 36.4 Å². The molecule has 7 heteroatoms. The number of halogens is 3. The maximum absolute atomic E-state index is 12.3. The van der Waals surface area contributed by atoms with Gasteiger partial charge in [-0.25, -0.2) is 0 Å². The second-order valence-corrected chi connectivity index (χ2v) is 7.21. The number of amides is 1. The van der Waals surface area contributed by atoms with Crippen LogP contribution in [0.4, 0.5) is 11.4 Å². The van der Waals surface area contributed by atoms with Crippen molar-refractivity contribution < 1.29 is 9.21 Å². The number of rotatable bonds is 3. The van der Waals surface area contributed by atoms with Gasteiger partial charge in [-0.05, 0) is 48.5 Å². The van der Waals surface area contributed by atoms with E-state index in [0.29, 0.717) is 27.7 Å². The first-order valence-electron chi connectivity index (χ1n) is 6.85. The quantitative estimate of drug-likeness (QED) is 0.464. The molecule has 0 fully saturated rings. The molecule has 0 spiro atoms. The molecule has 1 heterocycles. The van der Waals surface area contributed by atoms with Crippen molar-refractivity contribution in [2.45, 2.75) is 0 Å². The van der Waals surface area contributed by atoms with E-state index in [-0.39, 0.29) is 11.7 Å². The molecule has 2 aromatic carbocycles. The van der Waals surface area contributed by atoms with Crippen molar-refractivity contribution >= 4 is 60.7 Å². The van der Waals surface area contributed by atoms with Crippen LogP contribution in [0.1, 0.15) is 10.6 Å². The van der Waals surface area contributed by atoms with E-state index in [1.165, 1.54) is 0 Å². The topological polar surface area (TPSA) is 68.3 Å². The molecular formula is C17H11Br2ClN2O2. The molecule has 4 nitrogen and oxygen atoms in total. The molecule has 0 saturated carbocycles. The van der Waals surface area contributed by atoms with Gasteiger partial charge in [0.1, 0.15) is 5.76 Å². The third kappa shape index (κ3) is 3.66. The van der Waals surface area contributed by atoms with Crippen molar-refractivity contribution in [2.75, 3.05) is 11.1 Å². The number of anilines is 2. The normalized spacial score (nSPS) is 10.6. The zero-order chi connectivity index (χ0) is 17.3. The van der Waals surface area contributed by atoms with Gasteiger partial charge in [-0.3, -0.25) is 4.79 Å². The van der Waals surface area contributed by atoms with Gasteiger partial charge in [0.25, 0.3) is 5.91 Å². The fourth-order valence-corrected chi connectivity index (χ4v) is 3.27. The Balaban J connectivity index is 1.83. The molecule has 1 amide bonds. The minimum atomic E-state index is -0.386. The summed E-state index contributed by atoms with van der Waals surface area (Å²) < 4.78 is 7.33. The molecule has 24 heavy (non-hydrogen) atoms. The molecule has 3 N–H and O–H groups in total. The second-order valence-electron chi connectivity index (χ2n) is 4.97. The van der Waals surface area contributed by atoms with Crippen LogP contribution >= 0.6 is 43.5 Å². The van der Waals surface area contributed by atoms with Crippen LogP contribution in [0, 0.1) is 0 Å². The fourth-order valence-electron chi connectivity index (χ4n) is 2.13. The second kappa shape index (κ2) is 7.01. The first kappa shape index (κ1) is 17.1. The van der Waals surface area contributed by atoms with Gasteiger partial charge in [0.15, 0.2) is 5.76 Å². The van der Waals surface area contributed by atoms with Crippen LogP contribution in [0.25, 0.3) is 11.3 Å². The number of nitrogens with two attached hydrogens (primary N) is 1. The number of carbonyl (C=O) groups excluding carboxylic acids is 1. The van der Waals surface area contributed by atoms with Crippen molar-refractivity contribution in [2.24, 2.45) is 0 Å². The molecule has 3 rings (SSSR count). The third-order valence-corrected chi connectivity index (χ3v) is 4.59. The largest absolute Gasteiger partial charge is 0.451 e. The average Bonchev–Trinajstić information content (AvgIpc) is 3.00. The predicted molar refractivity (Wildman–Crippen MR) is 103 cm³/mol. The highest BCUT2D eigenvalue weighted by atomic mass is 79.9. The number of benzene rings is 2. The highest BCUT2D eigenvalue weighted by Crippen LogP contribution is 2.32. The van der Waals surface area contributed by atoms with Crippen LogP contribution in [0.15, 0.2) is 61.9 Å². The monoisotopic (exact) mass is 468 g/mol. The lowest BCUT2D eigenvalue weighted by molar-refractivity contribution is 0.0997. The highest BCUT2D eigenvalue weighted by Gasteiger charge is 2.15. The number of hydrogen-bond acceptors (Lipinski definition) is 3. The Morgan fingerprint density at radius 1 is 1.04 bits per heavy atom. The number of hydrogen-bond donors (Lipinski definition) is 2. The van der Waals surface area contributed by atoms with Gasteiger partial charge in [0.05, 0.1) is 16.4 Å². The Morgan fingerprint density at radius 3 is 2.46 bits per heavy atom. The summed E-state index contributed by atoms with van der Waals surface area (Å²) in [5.74, 6) is 0.302. The molecular weight excluding hydrogens is 459 g/mol. The van der Waals surface area contributed by atoms with Crippen LogP contribution < -0.4 is 11.1 Å². The SMILES string of the molecule is Nc1cc(Br)ccc1NC(=O)c1ccc(-c2ccc(Br)cc2Cl)o1. The van der Waals surface area contributed by atoms with Crippen molar-refractivity contribution in [3.63, 3.8) is 0 Å². The van der Waals surface area contributed by atoms with Gasteiger partial charge in [0, 0.05) is 14.5 Å². The van der Waals surface area contributed by atoms with Gasteiger partial charge in [-0.2, -0.15) is 0 Å². The lowest BCUT2D eigenvalue weighted by atomic mass is 10.2. The zero-order valence-electron chi connectivity index (χ0n) is 12.1. The standard InChI is InChI=1S/C17H11Br2ClN2O2/c18-9-1-3-11(12(20)7-9)15-5-6-16(24-15)17(23)22-14-4-2-10(19)8-13(14)21/h1-8H,21H2,(H,22,23). The van der Waals surface area contributed by atoms with Gasteiger partial charge >= 0.3 is 0 Å². The molecule has 0 radical (unpaired) electrons. The summed E-state index contributed by atoms with van der Waals surface area (Å²) >= 11 is 12.9. The van der Waals surface area contributed by atoms with Crippen molar-refractivity contribution in [1.29, 1.82) is 0 Å². The molecule has 0 saturated heterocycles. The van der Waals surface area contributed by atoms with Crippen LogP contribution in [0.5, 0.6) is 0 Å². The van der Waals surface area contributed by atoms with Gasteiger partial charge in [-0.15, -0.1) is 0 Å². The maximum atomic E-state index is 12.3. The lowest BCUT2D eigenvalue weighted by Gasteiger charge is -2.07. The van der Waals surface area contributed by atoms with E-state index in [0.717, 1.165) is 8.95 Å². The Labute approximate surface area is 160 Å². The van der Waals surface area contributed by atoms with E-state index in [9.17, 15) is 4.79 Å². The molecule has 0 atom stereocenters. The van der Waals surface area contributed by atoms with Crippen molar-refractivity contribution in [3.05, 3.63) is 68.3 Å². The molecule has 0 aliphatic heterocycles. The summed E-state index contributed by atoms with van der Waals surface area (Å²) in [4.78, 5) is 12.3. The summed E-state index contributed by atoms with van der Waals surface area (Å²) in [7, 11) is 0. The van der Waals surface area contributed by atoms with Gasteiger partial charge in [-0.1, -0.05) is 43.5 Å². The van der Waals surface area contributed by atoms with Crippen LogP contribution in [-0.2, 0) is 0 Å². The van der Waals surface area contributed by atoms with E-state index < -0.39 is 0 Å². The molecule has 0 aliphatic carbocycles. The van der Waals surface area contributed by atoms with Crippen LogP contribution in [-0.4, -0.2) is 5.91 Å². The van der Waals surface area contributed by atoms with Crippen molar-refractivity contribution in [3.8, 4) is 11.3 Å². The molecule has 0 unspecified atom stereocenters. The minimum Gasteiger partial charge on any atom is -0.451 e. The number of carbonyl (C=O) groups is 1.